The maximum Gasteiger partial charge on any atom is 0.508 e. The maximum atomic E-state index is 13.4. The molecule has 0 aromatic rings. The predicted octanol–water partition coefficient (Wildman–Crippen LogP) is 5.96. The van der Waals surface area contributed by atoms with E-state index in [2.05, 4.69) is 18.6 Å². The fraction of sp³-hybridized carbons (Fsp3) is 0.857. The van der Waals surface area contributed by atoms with Crippen LogP contribution in [0.15, 0.2) is 4.76 Å². The fourth-order valence-electron chi connectivity index (χ4n) is 3.12. The zero-order valence-corrected chi connectivity index (χ0v) is 27.4. The average Bonchev–Trinajstić information content (AvgIpc) is 2.97. The van der Waals surface area contributed by atoms with Gasteiger partial charge in [0.05, 0.1) is 46.2 Å². The molecule has 43 heavy (non-hydrogen) atoms. The molecule has 0 aromatic heterocycles. The van der Waals surface area contributed by atoms with Crippen LogP contribution < -0.4 is 5.73 Å². The minimum atomic E-state index is -4.07. The van der Waals surface area contributed by atoms with E-state index in [1.807, 2.05) is 6.92 Å². The molecular weight excluding hydrogens is 585 g/mol. The van der Waals surface area contributed by atoms with Crippen LogP contribution in [0.25, 0.3) is 0 Å². The summed E-state index contributed by atoms with van der Waals surface area (Å²) in [4.78, 5) is 36.5. The maximum absolute atomic E-state index is 13.4. The van der Waals surface area contributed by atoms with Gasteiger partial charge in [0, 0.05) is 7.05 Å². The van der Waals surface area contributed by atoms with Gasteiger partial charge in [-0.1, -0.05) is 52.9 Å². The van der Waals surface area contributed by atoms with E-state index in [0.717, 1.165) is 51.4 Å². The van der Waals surface area contributed by atoms with Crippen molar-refractivity contribution in [2.75, 3.05) is 59.8 Å². The number of carbonyl (C=O) groups is 3. The van der Waals surface area contributed by atoms with Crippen LogP contribution in [0.4, 0.5) is 9.59 Å². The van der Waals surface area contributed by atoms with Crippen LogP contribution in [-0.4, -0.2) is 89.0 Å². The molecule has 0 aromatic carbocycles. The molecule has 0 rings (SSSR count). The molecule has 0 amide bonds. The summed E-state index contributed by atoms with van der Waals surface area (Å²) in [5.41, 5.74) is 5.99. The lowest BCUT2D eigenvalue weighted by atomic mass is 10.3. The molecule has 0 saturated carbocycles. The number of carbonyl (C=O) groups excluding carboxylic acids is 3. The van der Waals surface area contributed by atoms with Gasteiger partial charge in [-0.25, -0.2) is 14.2 Å². The van der Waals surface area contributed by atoms with E-state index in [4.69, 9.17) is 38.5 Å². The van der Waals surface area contributed by atoms with Crippen molar-refractivity contribution in [2.24, 2.45) is 10.5 Å². The SMILES string of the molecule is CCCCCOC(=O)OCCCCOP(=O)(/N=C(\N)N(C)CC(=O)OCCCC)OCCCCOC(=O)OCCCCC. The van der Waals surface area contributed by atoms with Crippen molar-refractivity contribution in [1.29, 1.82) is 0 Å². The van der Waals surface area contributed by atoms with E-state index in [-0.39, 0.29) is 38.9 Å². The monoisotopic (exact) mass is 639 g/mol. The van der Waals surface area contributed by atoms with Gasteiger partial charge in [0.15, 0.2) is 0 Å². The Morgan fingerprint density at radius 2 is 0.977 bits per heavy atom. The predicted molar refractivity (Wildman–Crippen MR) is 162 cm³/mol. The van der Waals surface area contributed by atoms with Crippen LogP contribution >= 0.6 is 7.75 Å². The molecule has 0 spiro atoms. The third-order valence-electron chi connectivity index (χ3n) is 5.70. The van der Waals surface area contributed by atoms with Crippen molar-refractivity contribution in [1.82, 2.24) is 4.90 Å². The highest BCUT2D eigenvalue weighted by Gasteiger charge is 2.26. The van der Waals surface area contributed by atoms with Crippen molar-refractivity contribution in [3.05, 3.63) is 0 Å². The Hall–Kier alpha value is -2.57. The molecule has 2 N–H and O–H groups in total. The number of guanidine groups is 1. The first kappa shape index (κ1) is 40.4. The second-order valence-corrected chi connectivity index (χ2v) is 11.4. The number of esters is 1. The first-order valence-corrected chi connectivity index (χ1v) is 16.9. The Balaban J connectivity index is 4.76. The summed E-state index contributed by atoms with van der Waals surface area (Å²) in [7, 11) is -2.57. The minimum Gasteiger partial charge on any atom is -0.464 e. The summed E-state index contributed by atoms with van der Waals surface area (Å²) in [5.74, 6) is -0.724. The number of nitrogens with two attached hydrogens (primary N) is 1. The van der Waals surface area contributed by atoms with E-state index in [0.29, 0.717) is 45.5 Å². The van der Waals surface area contributed by atoms with Crippen molar-refractivity contribution < 1.29 is 51.7 Å². The molecule has 0 radical (unpaired) electrons. The lowest BCUT2D eigenvalue weighted by Gasteiger charge is -2.20. The standard InChI is InChI=1S/C28H54N3O11P/c1-5-8-11-18-37-27(33)39-20-13-15-22-41-43(35,30-26(29)31(4)24-25(32)36-17-10-7-3)42-23-16-14-21-40-28(34)38-19-12-9-6-2/h5-24H2,1-4H3,(H2,29,30,35). The van der Waals surface area contributed by atoms with E-state index in [1.54, 1.807) is 0 Å². The lowest BCUT2D eigenvalue weighted by Crippen LogP contribution is -2.38. The first-order valence-electron chi connectivity index (χ1n) is 15.4. The fourth-order valence-corrected chi connectivity index (χ4v) is 4.44. The largest absolute Gasteiger partial charge is 0.508 e. The molecule has 0 aliphatic carbocycles. The van der Waals surface area contributed by atoms with Gasteiger partial charge >= 0.3 is 26.0 Å². The van der Waals surface area contributed by atoms with Crippen LogP contribution in [0.1, 0.15) is 97.8 Å². The Morgan fingerprint density at radius 3 is 1.40 bits per heavy atom. The van der Waals surface area contributed by atoms with Crippen LogP contribution in [0.5, 0.6) is 0 Å². The average molecular weight is 640 g/mol. The molecule has 0 heterocycles. The summed E-state index contributed by atoms with van der Waals surface area (Å²) in [6, 6.07) is 0. The van der Waals surface area contributed by atoms with E-state index in [9.17, 15) is 18.9 Å². The van der Waals surface area contributed by atoms with E-state index in [1.165, 1.54) is 11.9 Å². The molecular formula is C28H54N3O11P. The molecule has 14 nitrogen and oxygen atoms in total. The van der Waals surface area contributed by atoms with Crippen molar-refractivity contribution in [3.63, 3.8) is 0 Å². The van der Waals surface area contributed by atoms with Crippen LogP contribution in [-0.2, 0) is 42.1 Å². The summed E-state index contributed by atoms with van der Waals surface area (Å²) >= 11 is 0. The molecule has 0 fully saturated rings. The number of unbranched alkanes of at least 4 members (excludes halogenated alkanes) is 7. The van der Waals surface area contributed by atoms with E-state index < -0.39 is 26.0 Å². The number of nitrogens with zero attached hydrogens (tertiary/aromatic N) is 2. The Kier molecular flexibility index (Phi) is 25.4. The van der Waals surface area contributed by atoms with Crippen LogP contribution in [0.3, 0.4) is 0 Å². The second-order valence-electron chi connectivity index (χ2n) is 9.75. The molecule has 0 bridgehead atoms. The molecule has 0 saturated heterocycles. The second kappa shape index (κ2) is 27.0. The van der Waals surface area contributed by atoms with Gasteiger partial charge in [-0.2, -0.15) is 0 Å². The molecule has 0 unspecified atom stereocenters. The highest BCUT2D eigenvalue weighted by molar-refractivity contribution is 7.52. The third kappa shape index (κ3) is 24.6. The number of rotatable bonds is 26. The summed E-state index contributed by atoms with van der Waals surface area (Å²) in [6.07, 6.45) is 7.36. The molecule has 0 atom stereocenters. The highest BCUT2D eigenvalue weighted by atomic mass is 31.2. The minimum absolute atomic E-state index is 0.0152. The van der Waals surface area contributed by atoms with Crippen molar-refractivity contribution in [3.8, 4) is 0 Å². The Bertz CT molecular complexity index is 790. The zero-order valence-electron chi connectivity index (χ0n) is 26.6. The van der Waals surface area contributed by atoms with Gasteiger partial charge in [-0.15, -0.1) is 4.76 Å². The molecule has 0 aliphatic rings. The quantitative estimate of drug-likeness (QED) is 0.0293. The molecule has 15 heteroatoms. The Labute approximate surface area is 256 Å². The topological polar surface area (TPSA) is 175 Å². The lowest BCUT2D eigenvalue weighted by molar-refractivity contribution is -0.143. The highest BCUT2D eigenvalue weighted by Crippen LogP contribution is 2.50. The first-order chi connectivity index (χ1) is 20.7. The van der Waals surface area contributed by atoms with Crippen molar-refractivity contribution in [2.45, 2.75) is 97.8 Å². The summed E-state index contributed by atoms with van der Waals surface area (Å²) < 4.78 is 53.4. The normalized spacial score (nSPS) is 11.6. The zero-order chi connectivity index (χ0) is 32.2. The number of hydrogen-bond acceptors (Lipinski definition) is 11. The number of ether oxygens (including phenoxy) is 5. The summed E-state index contributed by atoms with van der Waals surface area (Å²) in [5, 5.41) is 0. The third-order valence-corrected chi connectivity index (χ3v) is 7.17. The summed E-state index contributed by atoms with van der Waals surface area (Å²) in [6.45, 7) is 7.01. The molecule has 252 valence electrons. The smallest absolute Gasteiger partial charge is 0.464 e. The van der Waals surface area contributed by atoms with Gasteiger partial charge in [-0.05, 0) is 44.9 Å². The van der Waals surface area contributed by atoms with Gasteiger partial charge in [0.25, 0.3) is 0 Å². The van der Waals surface area contributed by atoms with E-state index >= 15 is 0 Å². The van der Waals surface area contributed by atoms with Gasteiger partial charge < -0.3 is 34.3 Å². The van der Waals surface area contributed by atoms with Gasteiger partial charge in [0.1, 0.15) is 6.54 Å². The molecule has 0 aliphatic heterocycles. The van der Waals surface area contributed by atoms with Crippen LogP contribution in [0.2, 0.25) is 0 Å². The number of likely N-dealkylation sites (N-methyl/N-ethyl adjacent to an activating group) is 1. The van der Waals surface area contributed by atoms with Gasteiger partial charge in [-0.3, -0.25) is 13.8 Å². The van der Waals surface area contributed by atoms with Crippen molar-refractivity contribution >= 4 is 32.0 Å². The van der Waals surface area contributed by atoms with Gasteiger partial charge in [0.2, 0.25) is 5.96 Å². The number of hydrogen-bond donors (Lipinski definition) is 1. The Morgan fingerprint density at radius 1 is 0.605 bits per heavy atom. The van der Waals surface area contributed by atoms with Crippen LogP contribution in [0, 0.1) is 0 Å².